The molecule has 0 spiro atoms. The molecule has 4 fully saturated rings. The quantitative estimate of drug-likeness (QED) is 0.604. The number of fused-ring (bicyclic) bond motifs is 5. The van der Waals surface area contributed by atoms with E-state index in [0.717, 1.165) is 5.92 Å². The molecule has 0 bridgehead atoms. The number of rotatable bonds is 0. The minimum atomic E-state index is 0.186. The van der Waals surface area contributed by atoms with Crippen molar-refractivity contribution in [3.05, 3.63) is 0 Å². The van der Waals surface area contributed by atoms with Gasteiger partial charge in [0.15, 0.2) is 0 Å². The number of hydrogen-bond donors (Lipinski definition) is 0. The van der Waals surface area contributed by atoms with Gasteiger partial charge < -0.3 is 9.47 Å². The lowest BCUT2D eigenvalue weighted by molar-refractivity contribution is 0.0355. The molecule has 2 saturated carbocycles. The predicted molar refractivity (Wildman–Crippen MR) is 65.8 cm³/mol. The zero-order valence-electron chi connectivity index (χ0n) is 11.5. The molecule has 0 unspecified atom stereocenters. The maximum atomic E-state index is 6.08. The molecule has 0 amide bonds. The van der Waals surface area contributed by atoms with E-state index in [-0.39, 0.29) is 11.2 Å². The second kappa shape index (κ2) is 2.75. The van der Waals surface area contributed by atoms with Crippen molar-refractivity contribution in [3.63, 3.8) is 0 Å². The molecule has 2 saturated heterocycles. The lowest BCUT2D eigenvalue weighted by atomic mass is 9.60. The van der Waals surface area contributed by atoms with Gasteiger partial charge in [-0.2, -0.15) is 0 Å². The maximum absolute atomic E-state index is 6.08. The van der Waals surface area contributed by atoms with Gasteiger partial charge in [0.25, 0.3) is 0 Å². The molecule has 2 aliphatic carbocycles. The summed E-state index contributed by atoms with van der Waals surface area (Å²) in [6, 6.07) is 0. The SMILES string of the molecule is CC1(C)CC[C@@H]2O[C@]2(C)[C@H]2CC[C@@]3(C)O[C@H]3[C@@H]21. The van der Waals surface area contributed by atoms with Gasteiger partial charge >= 0.3 is 0 Å². The molecule has 0 N–H and O–H groups in total. The third-order valence-electron chi connectivity index (χ3n) is 6.32. The van der Waals surface area contributed by atoms with Crippen molar-refractivity contribution >= 4 is 0 Å². The first-order chi connectivity index (χ1) is 7.87. The predicted octanol–water partition coefficient (Wildman–Crippen LogP) is 3.15. The molecule has 6 atom stereocenters. The molecule has 4 rings (SSSR count). The van der Waals surface area contributed by atoms with E-state index < -0.39 is 0 Å². The smallest absolute Gasteiger partial charge is 0.0952 e. The Hall–Kier alpha value is -0.0800. The molecule has 2 heterocycles. The van der Waals surface area contributed by atoms with Crippen LogP contribution in [0.1, 0.15) is 53.4 Å². The van der Waals surface area contributed by atoms with E-state index in [9.17, 15) is 0 Å². The average molecular weight is 236 g/mol. The van der Waals surface area contributed by atoms with Crippen molar-refractivity contribution in [2.75, 3.05) is 0 Å². The number of ether oxygens (including phenoxy) is 2. The molecule has 17 heavy (non-hydrogen) atoms. The Morgan fingerprint density at radius 3 is 2.47 bits per heavy atom. The van der Waals surface area contributed by atoms with Gasteiger partial charge in [-0.25, -0.2) is 0 Å². The first-order valence-corrected chi connectivity index (χ1v) is 7.22. The van der Waals surface area contributed by atoms with Gasteiger partial charge in [0, 0.05) is 0 Å². The van der Waals surface area contributed by atoms with Crippen LogP contribution in [0.15, 0.2) is 0 Å². The largest absolute Gasteiger partial charge is 0.366 e. The van der Waals surface area contributed by atoms with Crippen molar-refractivity contribution in [1.29, 1.82) is 0 Å². The summed E-state index contributed by atoms with van der Waals surface area (Å²) in [7, 11) is 0. The van der Waals surface area contributed by atoms with E-state index in [0.29, 0.717) is 23.5 Å². The summed E-state index contributed by atoms with van der Waals surface area (Å²) >= 11 is 0. The van der Waals surface area contributed by atoms with Gasteiger partial charge in [-0.3, -0.25) is 0 Å². The van der Waals surface area contributed by atoms with E-state index in [1.54, 1.807) is 0 Å². The minimum Gasteiger partial charge on any atom is -0.366 e. The monoisotopic (exact) mass is 236 g/mol. The number of hydrogen-bond acceptors (Lipinski definition) is 2. The summed E-state index contributed by atoms with van der Waals surface area (Å²) < 4.78 is 12.1. The molecule has 0 aromatic heterocycles. The summed E-state index contributed by atoms with van der Waals surface area (Å²) in [6.07, 6.45) is 6.13. The second-order valence-electron chi connectivity index (χ2n) is 7.84. The zero-order valence-corrected chi connectivity index (χ0v) is 11.5. The van der Waals surface area contributed by atoms with Gasteiger partial charge in [0.1, 0.15) is 0 Å². The summed E-state index contributed by atoms with van der Waals surface area (Å²) in [5, 5.41) is 0. The Bertz CT molecular complexity index is 377. The first-order valence-electron chi connectivity index (χ1n) is 7.22. The highest BCUT2D eigenvalue weighted by molar-refractivity contribution is 5.19. The summed E-state index contributed by atoms with van der Waals surface area (Å²) in [4.78, 5) is 0. The fourth-order valence-electron chi connectivity index (χ4n) is 4.95. The van der Waals surface area contributed by atoms with Gasteiger partial charge in [0.05, 0.1) is 23.4 Å². The normalized spacial score (nSPS) is 62.8. The van der Waals surface area contributed by atoms with Crippen LogP contribution in [0.3, 0.4) is 0 Å². The van der Waals surface area contributed by atoms with Crippen LogP contribution in [0.25, 0.3) is 0 Å². The van der Waals surface area contributed by atoms with Crippen LogP contribution >= 0.6 is 0 Å². The fraction of sp³-hybridized carbons (Fsp3) is 1.00. The molecule has 2 nitrogen and oxygen atoms in total. The average Bonchev–Trinajstić information content (AvgIpc) is 3.08. The van der Waals surface area contributed by atoms with Crippen molar-refractivity contribution in [1.82, 2.24) is 0 Å². The van der Waals surface area contributed by atoms with Crippen LogP contribution in [-0.4, -0.2) is 23.4 Å². The van der Waals surface area contributed by atoms with Crippen molar-refractivity contribution in [3.8, 4) is 0 Å². The van der Waals surface area contributed by atoms with Crippen molar-refractivity contribution in [2.45, 2.75) is 76.8 Å². The van der Waals surface area contributed by atoms with E-state index in [4.69, 9.17) is 9.47 Å². The topological polar surface area (TPSA) is 25.1 Å². The summed E-state index contributed by atoms with van der Waals surface area (Å²) in [5.41, 5.74) is 0.822. The van der Waals surface area contributed by atoms with Crippen LogP contribution in [-0.2, 0) is 9.47 Å². The first kappa shape index (κ1) is 10.8. The second-order valence-corrected chi connectivity index (χ2v) is 7.84. The maximum Gasteiger partial charge on any atom is 0.0952 e. The Morgan fingerprint density at radius 1 is 0.941 bits per heavy atom. The molecule has 0 radical (unpaired) electrons. The molecule has 0 aromatic carbocycles. The van der Waals surface area contributed by atoms with Gasteiger partial charge in [-0.15, -0.1) is 0 Å². The fourth-order valence-corrected chi connectivity index (χ4v) is 4.95. The van der Waals surface area contributed by atoms with Crippen LogP contribution in [0.5, 0.6) is 0 Å². The summed E-state index contributed by atoms with van der Waals surface area (Å²) in [5.74, 6) is 1.43. The molecule has 2 aliphatic heterocycles. The van der Waals surface area contributed by atoms with Gasteiger partial charge in [-0.05, 0) is 56.8 Å². The Labute approximate surface area is 104 Å². The van der Waals surface area contributed by atoms with Crippen LogP contribution < -0.4 is 0 Å². The highest BCUT2D eigenvalue weighted by Crippen LogP contribution is 2.66. The minimum absolute atomic E-state index is 0.186. The highest BCUT2D eigenvalue weighted by Gasteiger charge is 2.71. The van der Waals surface area contributed by atoms with E-state index in [1.807, 2.05) is 0 Å². The van der Waals surface area contributed by atoms with Gasteiger partial charge in [-0.1, -0.05) is 13.8 Å². The van der Waals surface area contributed by atoms with Crippen LogP contribution in [0, 0.1) is 17.3 Å². The molecule has 96 valence electrons. The van der Waals surface area contributed by atoms with E-state index in [2.05, 4.69) is 27.7 Å². The van der Waals surface area contributed by atoms with Crippen LogP contribution in [0.2, 0.25) is 0 Å². The van der Waals surface area contributed by atoms with Gasteiger partial charge in [0.2, 0.25) is 0 Å². The third kappa shape index (κ3) is 1.24. The standard InChI is InChI=1S/C15H24O2/c1-13(2)7-6-10-15(4,16-10)9-5-8-14(3)12(17-14)11(9)13/h9-12H,5-8H2,1-4H3/t9-,10-,11+,12-,14+,15+/m0/s1. The lowest BCUT2D eigenvalue weighted by Crippen LogP contribution is -2.45. The Balaban J connectivity index is 1.74. The van der Waals surface area contributed by atoms with Crippen molar-refractivity contribution in [2.24, 2.45) is 17.3 Å². The highest BCUT2D eigenvalue weighted by atomic mass is 16.6. The molecular weight excluding hydrogens is 212 g/mol. The zero-order chi connectivity index (χ0) is 12.1. The van der Waals surface area contributed by atoms with E-state index >= 15 is 0 Å². The lowest BCUT2D eigenvalue weighted by Gasteiger charge is -2.42. The molecule has 2 heteroatoms. The Morgan fingerprint density at radius 2 is 1.71 bits per heavy atom. The number of epoxide rings is 2. The molecular formula is C15H24O2. The summed E-state index contributed by atoms with van der Waals surface area (Å²) in [6.45, 7) is 9.56. The molecule has 4 aliphatic rings. The van der Waals surface area contributed by atoms with Crippen molar-refractivity contribution < 1.29 is 9.47 Å². The van der Waals surface area contributed by atoms with Crippen LogP contribution in [0.4, 0.5) is 0 Å². The third-order valence-corrected chi connectivity index (χ3v) is 6.32. The van der Waals surface area contributed by atoms with E-state index in [1.165, 1.54) is 25.7 Å². The molecule has 0 aromatic rings. The Kier molecular flexibility index (Phi) is 1.75.